The van der Waals surface area contributed by atoms with E-state index in [2.05, 4.69) is 34.0 Å². The fraction of sp³-hybridized carbons (Fsp3) is 0.250. The topological polar surface area (TPSA) is 47.3 Å². The van der Waals surface area contributed by atoms with Gasteiger partial charge in [0.1, 0.15) is 12.3 Å². The quantitative estimate of drug-likeness (QED) is 0.645. The van der Waals surface area contributed by atoms with Gasteiger partial charge in [-0.3, -0.25) is 5.10 Å². The van der Waals surface area contributed by atoms with Gasteiger partial charge in [-0.05, 0) is 47.2 Å². The molecule has 5 nitrogen and oxygen atoms in total. The summed E-state index contributed by atoms with van der Waals surface area (Å²) in [6.45, 7) is 1.63. The van der Waals surface area contributed by atoms with Crippen LogP contribution in [0.4, 0.5) is 0 Å². The van der Waals surface area contributed by atoms with Crippen molar-refractivity contribution in [1.29, 1.82) is 0 Å². The van der Waals surface area contributed by atoms with Crippen LogP contribution in [0.1, 0.15) is 5.56 Å². The fourth-order valence-corrected chi connectivity index (χ4v) is 3.56. The third kappa shape index (κ3) is 3.87. The Balaban J connectivity index is 1.83. The van der Waals surface area contributed by atoms with E-state index in [1.807, 2.05) is 16.8 Å². The van der Waals surface area contributed by atoms with Crippen molar-refractivity contribution in [1.82, 2.24) is 14.8 Å². The van der Waals surface area contributed by atoms with E-state index in [9.17, 15) is 0 Å². The summed E-state index contributed by atoms with van der Waals surface area (Å²) >= 11 is 13.2. The Morgan fingerprint density at radius 1 is 1.42 bits per heavy atom. The summed E-state index contributed by atoms with van der Waals surface area (Å²) in [4.78, 5) is 5.76. The van der Waals surface area contributed by atoms with Crippen molar-refractivity contribution < 1.29 is 9.64 Å². The van der Waals surface area contributed by atoms with Gasteiger partial charge in [0.25, 0.3) is 0 Å². The first kappa shape index (κ1) is 17.2. The number of H-pyrrole nitrogens is 1. The Kier molecular flexibility index (Phi) is 5.35. The molecule has 126 valence electrons. The largest absolute Gasteiger partial charge is 0.496 e. The van der Waals surface area contributed by atoms with Crippen LogP contribution >= 0.6 is 35.2 Å². The number of rotatable bonds is 6. The predicted octanol–water partition coefficient (Wildman–Crippen LogP) is 3.00. The van der Waals surface area contributed by atoms with E-state index < -0.39 is 0 Å². The Hall–Kier alpha value is -1.67. The van der Waals surface area contributed by atoms with Crippen LogP contribution in [0.2, 0.25) is 5.02 Å². The summed E-state index contributed by atoms with van der Waals surface area (Å²) < 4.78 is 7.77. The monoisotopic (exact) mass is 381 g/mol. The van der Waals surface area contributed by atoms with E-state index in [0.29, 0.717) is 28.0 Å². The summed E-state index contributed by atoms with van der Waals surface area (Å²) in [5.41, 5.74) is 2.12. The number of methoxy groups -OCH3 is 1. The number of benzene rings is 1. The Morgan fingerprint density at radius 2 is 2.25 bits per heavy atom. The average molecular weight is 382 g/mol. The number of halogens is 1. The van der Waals surface area contributed by atoms with Gasteiger partial charge in [0.15, 0.2) is 12.5 Å². The minimum absolute atomic E-state index is 0.511. The van der Waals surface area contributed by atoms with Crippen LogP contribution in [0, 0.1) is 4.77 Å². The molecule has 0 saturated carbocycles. The lowest BCUT2D eigenvalue weighted by molar-refractivity contribution is -0.917. The van der Waals surface area contributed by atoms with Crippen molar-refractivity contribution in [3.8, 4) is 17.1 Å². The Morgan fingerprint density at radius 3 is 2.96 bits per heavy atom. The molecule has 0 bridgehead atoms. The number of hydrogen-bond donors (Lipinski definition) is 2. The van der Waals surface area contributed by atoms with Gasteiger partial charge >= 0.3 is 0 Å². The van der Waals surface area contributed by atoms with Crippen LogP contribution in [-0.2, 0) is 13.2 Å². The number of thiophene rings is 1. The molecule has 0 amide bonds. The summed E-state index contributed by atoms with van der Waals surface area (Å²) in [5.74, 6) is 1.36. The second-order valence-corrected chi connectivity index (χ2v) is 7.13. The van der Waals surface area contributed by atoms with Gasteiger partial charge < -0.3 is 9.64 Å². The van der Waals surface area contributed by atoms with Gasteiger partial charge in [0, 0.05) is 10.6 Å². The summed E-state index contributed by atoms with van der Waals surface area (Å²) in [5, 5.41) is 8.14. The number of ether oxygens (including phenoxy) is 1. The second kappa shape index (κ2) is 7.48. The molecular formula is C16H18ClN4OS2+. The maximum absolute atomic E-state index is 6.10. The molecule has 0 aliphatic heterocycles. The molecule has 24 heavy (non-hydrogen) atoms. The molecular weight excluding hydrogens is 364 g/mol. The number of aromatic nitrogens is 3. The summed E-state index contributed by atoms with van der Waals surface area (Å²) in [7, 11) is 3.75. The Labute approximate surface area is 154 Å². The highest BCUT2D eigenvalue weighted by Crippen LogP contribution is 2.30. The van der Waals surface area contributed by atoms with Gasteiger partial charge in [0.2, 0.25) is 4.77 Å². The Bertz CT molecular complexity index is 873. The first-order valence-corrected chi connectivity index (χ1v) is 9.13. The van der Waals surface area contributed by atoms with E-state index in [4.69, 9.17) is 28.6 Å². The van der Waals surface area contributed by atoms with Gasteiger partial charge in [-0.2, -0.15) is 16.3 Å². The number of hydrogen-bond acceptors (Lipinski definition) is 4. The van der Waals surface area contributed by atoms with Crippen LogP contribution in [-0.4, -0.2) is 28.9 Å². The standard InChI is InChI=1S/C16H17ClN4OS2/c1-20(8-11-5-6-24-9-11)10-21-16(23)18-15(19-21)13-7-12(17)3-4-14(13)22-2/h3-7,9H,8,10H2,1-2H3,(H,18,19,23)/p+1. The first-order chi connectivity index (χ1) is 11.6. The SMILES string of the molecule is COc1ccc(Cl)cc1-c1nc(=S)n(C[NH+](C)Cc2ccsc2)[nH]1. The average Bonchev–Trinajstić information content (AvgIpc) is 3.18. The maximum atomic E-state index is 6.10. The highest BCUT2D eigenvalue weighted by Gasteiger charge is 2.13. The van der Waals surface area contributed by atoms with Crippen LogP contribution in [0.15, 0.2) is 35.0 Å². The molecule has 2 aromatic heterocycles. The van der Waals surface area contributed by atoms with Crippen molar-refractivity contribution >= 4 is 35.2 Å². The normalized spacial score (nSPS) is 12.3. The highest BCUT2D eigenvalue weighted by atomic mass is 35.5. The molecule has 2 N–H and O–H groups in total. The van der Waals surface area contributed by atoms with E-state index >= 15 is 0 Å². The van der Waals surface area contributed by atoms with Crippen LogP contribution in [0.25, 0.3) is 11.4 Å². The summed E-state index contributed by atoms with van der Waals surface area (Å²) in [6.07, 6.45) is 0. The molecule has 1 unspecified atom stereocenters. The molecule has 1 atom stereocenters. The van der Waals surface area contributed by atoms with Crippen LogP contribution < -0.4 is 9.64 Å². The lowest BCUT2D eigenvalue weighted by Crippen LogP contribution is -3.06. The molecule has 0 aliphatic rings. The third-order valence-corrected chi connectivity index (χ3v) is 4.89. The first-order valence-electron chi connectivity index (χ1n) is 7.40. The minimum atomic E-state index is 0.511. The minimum Gasteiger partial charge on any atom is -0.496 e. The highest BCUT2D eigenvalue weighted by molar-refractivity contribution is 7.71. The summed E-state index contributed by atoms with van der Waals surface area (Å²) in [6, 6.07) is 7.57. The van der Waals surface area contributed by atoms with Crippen molar-refractivity contribution in [3.63, 3.8) is 0 Å². The van der Waals surface area contributed by atoms with Gasteiger partial charge in [-0.1, -0.05) is 11.6 Å². The molecule has 1 aromatic carbocycles. The van der Waals surface area contributed by atoms with E-state index in [0.717, 1.165) is 12.1 Å². The lowest BCUT2D eigenvalue weighted by Gasteiger charge is -2.13. The zero-order valence-corrected chi connectivity index (χ0v) is 15.8. The molecule has 0 aliphatic carbocycles. The molecule has 3 aromatic rings. The van der Waals surface area contributed by atoms with E-state index in [1.54, 1.807) is 24.5 Å². The molecule has 2 heterocycles. The van der Waals surface area contributed by atoms with Crippen LogP contribution in [0.3, 0.4) is 0 Å². The molecule has 3 rings (SSSR count). The van der Waals surface area contributed by atoms with Crippen molar-refractivity contribution in [2.75, 3.05) is 14.2 Å². The molecule has 8 heteroatoms. The molecule has 0 fully saturated rings. The molecule has 0 spiro atoms. The smallest absolute Gasteiger partial charge is 0.221 e. The van der Waals surface area contributed by atoms with Crippen molar-refractivity contribution in [2.45, 2.75) is 13.2 Å². The lowest BCUT2D eigenvalue weighted by atomic mass is 10.2. The van der Waals surface area contributed by atoms with Crippen molar-refractivity contribution in [3.05, 3.63) is 50.4 Å². The number of nitrogens with zero attached hydrogens (tertiary/aromatic N) is 2. The fourth-order valence-electron chi connectivity index (χ4n) is 2.52. The van der Waals surface area contributed by atoms with E-state index in [1.165, 1.54) is 10.5 Å². The van der Waals surface area contributed by atoms with E-state index in [-0.39, 0.29) is 0 Å². The van der Waals surface area contributed by atoms with Gasteiger partial charge in [-0.15, -0.1) is 0 Å². The molecule has 0 radical (unpaired) electrons. The number of nitrogens with one attached hydrogen (secondary N) is 2. The van der Waals surface area contributed by atoms with Crippen LogP contribution in [0.5, 0.6) is 5.75 Å². The maximum Gasteiger partial charge on any atom is 0.221 e. The number of aromatic amines is 1. The molecule has 0 saturated heterocycles. The zero-order valence-electron chi connectivity index (χ0n) is 13.4. The second-order valence-electron chi connectivity index (χ2n) is 5.55. The van der Waals surface area contributed by atoms with Gasteiger partial charge in [0.05, 0.1) is 19.7 Å². The number of quaternary nitrogens is 1. The third-order valence-electron chi connectivity index (χ3n) is 3.61. The van der Waals surface area contributed by atoms with Gasteiger partial charge in [-0.25, -0.2) is 4.68 Å². The zero-order chi connectivity index (χ0) is 17.1. The predicted molar refractivity (Wildman–Crippen MR) is 99.3 cm³/mol. The van der Waals surface area contributed by atoms with Crippen molar-refractivity contribution in [2.24, 2.45) is 0 Å².